The van der Waals surface area contributed by atoms with Crippen LogP contribution in [0.4, 0.5) is 0 Å². The highest BCUT2D eigenvalue weighted by molar-refractivity contribution is 7.16. The largest absolute Gasteiger partial charge is 0.313 e. The lowest BCUT2D eigenvalue weighted by molar-refractivity contribution is 0.317. The van der Waals surface area contributed by atoms with Crippen LogP contribution in [0.1, 0.15) is 62.1 Å². The van der Waals surface area contributed by atoms with Crippen LogP contribution in [0.15, 0.2) is 30.8 Å². The Bertz CT molecular complexity index is 766. The number of aryl methyl sites for hydroxylation is 1. The summed E-state index contributed by atoms with van der Waals surface area (Å²) in [5.74, 6) is 0. The van der Waals surface area contributed by atoms with Crippen molar-refractivity contribution in [1.82, 2.24) is 5.32 Å². The third-order valence-electron chi connectivity index (χ3n) is 5.21. The van der Waals surface area contributed by atoms with Crippen molar-refractivity contribution in [2.24, 2.45) is 5.41 Å². The highest BCUT2D eigenvalue weighted by Crippen LogP contribution is 2.47. The monoisotopic (exact) mass is 353 g/mol. The Labute approximate surface area is 157 Å². The molecule has 0 fully saturated rings. The van der Waals surface area contributed by atoms with Crippen LogP contribution in [0.2, 0.25) is 0 Å². The van der Waals surface area contributed by atoms with E-state index in [0.29, 0.717) is 5.41 Å². The van der Waals surface area contributed by atoms with Gasteiger partial charge in [-0.1, -0.05) is 51.6 Å². The number of benzene rings is 1. The quantitative estimate of drug-likeness (QED) is 0.587. The van der Waals surface area contributed by atoms with E-state index in [9.17, 15) is 0 Å². The predicted molar refractivity (Wildman–Crippen MR) is 112 cm³/mol. The van der Waals surface area contributed by atoms with E-state index < -0.39 is 0 Å². The van der Waals surface area contributed by atoms with Gasteiger partial charge in [-0.3, -0.25) is 0 Å². The first-order chi connectivity index (χ1) is 11.9. The van der Waals surface area contributed by atoms with Gasteiger partial charge >= 0.3 is 0 Å². The summed E-state index contributed by atoms with van der Waals surface area (Å²) in [6.07, 6.45) is 4.84. The zero-order valence-electron chi connectivity index (χ0n) is 16.2. The van der Waals surface area contributed by atoms with Crippen LogP contribution in [-0.2, 0) is 19.4 Å². The van der Waals surface area contributed by atoms with Gasteiger partial charge in [0.25, 0.3) is 0 Å². The molecule has 0 saturated heterocycles. The van der Waals surface area contributed by atoms with Gasteiger partial charge in [0, 0.05) is 16.3 Å². The van der Waals surface area contributed by atoms with Gasteiger partial charge in [-0.05, 0) is 72.4 Å². The summed E-state index contributed by atoms with van der Waals surface area (Å²) >= 11 is 2.01. The van der Waals surface area contributed by atoms with Crippen molar-refractivity contribution >= 4 is 16.9 Å². The van der Waals surface area contributed by atoms with Crippen molar-refractivity contribution < 1.29 is 0 Å². The number of thiophene rings is 1. The molecule has 2 heteroatoms. The topological polar surface area (TPSA) is 12.0 Å². The Morgan fingerprint density at radius 2 is 2.04 bits per heavy atom. The van der Waals surface area contributed by atoms with Crippen molar-refractivity contribution in [3.63, 3.8) is 0 Å². The van der Waals surface area contributed by atoms with Crippen LogP contribution in [0.5, 0.6) is 0 Å². The molecule has 1 nitrogen and oxygen atoms in total. The van der Waals surface area contributed by atoms with E-state index in [1.165, 1.54) is 52.8 Å². The molecule has 0 atom stereocenters. The van der Waals surface area contributed by atoms with Crippen molar-refractivity contribution in [2.45, 2.75) is 59.9 Å². The maximum atomic E-state index is 4.34. The van der Waals surface area contributed by atoms with Crippen molar-refractivity contribution in [3.8, 4) is 10.4 Å². The van der Waals surface area contributed by atoms with Gasteiger partial charge in [0.1, 0.15) is 0 Å². The molecule has 0 spiro atoms. The molecule has 25 heavy (non-hydrogen) atoms. The van der Waals surface area contributed by atoms with Crippen LogP contribution in [0, 0.1) is 5.41 Å². The lowest BCUT2D eigenvalue weighted by atomic mass is 9.75. The Balaban J connectivity index is 2.07. The zero-order chi connectivity index (χ0) is 18.0. The molecule has 0 saturated carbocycles. The van der Waals surface area contributed by atoms with Crippen LogP contribution in [-0.4, -0.2) is 6.54 Å². The van der Waals surface area contributed by atoms with E-state index in [1.54, 1.807) is 10.4 Å². The van der Waals surface area contributed by atoms with E-state index in [1.807, 2.05) is 11.3 Å². The third-order valence-corrected chi connectivity index (χ3v) is 6.53. The summed E-state index contributed by atoms with van der Waals surface area (Å²) in [5, 5.41) is 3.57. The molecule has 1 aliphatic carbocycles. The average Bonchev–Trinajstić information content (AvgIpc) is 2.93. The summed E-state index contributed by atoms with van der Waals surface area (Å²) < 4.78 is 0. The zero-order valence-corrected chi connectivity index (χ0v) is 17.0. The van der Waals surface area contributed by atoms with E-state index in [4.69, 9.17) is 0 Å². The molecule has 0 amide bonds. The number of nitrogens with one attached hydrogen (secondary N) is 1. The Kier molecular flexibility index (Phi) is 5.50. The second-order valence-electron chi connectivity index (χ2n) is 8.16. The van der Waals surface area contributed by atoms with Gasteiger partial charge in [0.15, 0.2) is 0 Å². The minimum absolute atomic E-state index is 0.401. The molecule has 0 aliphatic heterocycles. The maximum absolute atomic E-state index is 4.34. The molecule has 3 rings (SSSR count). The summed E-state index contributed by atoms with van der Waals surface area (Å²) in [6.45, 7) is 15.5. The van der Waals surface area contributed by atoms with Gasteiger partial charge in [-0.25, -0.2) is 0 Å². The summed E-state index contributed by atoms with van der Waals surface area (Å²) in [5.41, 5.74) is 7.40. The highest BCUT2D eigenvalue weighted by Gasteiger charge is 2.31. The second kappa shape index (κ2) is 7.47. The fraction of sp³-hybridized carbons (Fsp3) is 0.478. The minimum Gasteiger partial charge on any atom is -0.313 e. The summed E-state index contributed by atoms with van der Waals surface area (Å²) in [4.78, 5) is 3.02. The number of rotatable bonds is 6. The van der Waals surface area contributed by atoms with Gasteiger partial charge in [0.05, 0.1) is 0 Å². The molecule has 1 aromatic carbocycles. The van der Waals surface area contributed by atoms with E-state index in [0.717, 1.165) is 13.1 Å². The lowest BCUT2D eigenvalue weighted by Gasteiger charge is -2.30. The molecule has 0 bridgehead atoms. The lowest BCUT2D eigenvalue weighted by Crippen LogP contribution is -2.21. The molecule has 1 N–H and O–H groups in total. The smallest absolute Gasteiger partial charge is 0.0426 e. The average molecular weight is 354 g/mol. The number of allylic oxidation sites excluding steroid dienone is 1. The normalized spacial score (nSPS) is 15.8. The van der Waals surface area contributed by atoms with Gasteiger partial charge in [-0.15, -0.1) is 11.3 Å². The summed E-state index contributed by atoms with van der Waals surface area (Å²) in [6, 6.07) is 8.88. The molecule has 1 heterocycles. The van der Waals surface area contributed by atoms with Gasteiger partial charge in [0.2, 0.25) is 0 Å². The van der Waals surface area contributed by atoms with Crippen LogP contribution < -0.4 is 5.32 Å². The number of hydrogen-bond donors (Lipinski definition) is 1. The van der Waals surface area contributed by atoms with Crippen molar-refractivity contribution in [3.05, 3.63) is 52.4 Å². The second-order valence-corrected chi connectivity index (χ2v) is 9.27. The van der Waals surface area contributed by atoms with Gasteiger partial charge in [-0.2, -0.15) is 0 Å². The van der Waals surface area contributed by atoms with Crippen LogP contribution in [0.25, 0.3) is 16.0 Å². The highest BCUT2D eigenvalue weighted by atomic mass is 32.1. The van der Waals surface area contributed by atoms with Crippen LogP contribution >= 0.6 is 11.3 Å². The Morgan fingerprint density at radius 1 is 1.28 bits per heavy atom. The van der Waals surface area contributed by atoms with E-state index in [-0.39, 0.29) is 0 Å². The molecule has 1 aromatic heterocycles. The van der Waals surface area contributed by atoms with E-state index >= 15 is 0 Å². The molecular formula is C23H31NS. The molecule has 2 aromatic rings. The fourth-order valence-corrected chi connectivity index (χ4v) is 5.31. The summed E-state index contributed by atoms with van der Waals surface area (Å²) in [7, 11) is 0. The third kappa shape index (κ3) is 3.91. The predicted octanol–water partition coefficient (Wildman–Crippen LogP) is 6.46. The first-order valence-corrected chi connectivity index (χ1v) is 10.3. The first kappa shape index (κ1) is 18.4. The number of fused-ring (bicyclic) bond motifs is 1. The minimum atomic E-state index is 0.401. The molecular weight excluding hydrogens is 322 g/mol. The van der Waals surface area contributed by atoms with Gasteiger partial charge < -0.3 is 5.32 Å². The molecule has 134 valence electrons. The van der Waals surface area contributed by atoms with Crippen molar-refractivity contribution in [2.75, 3.05) is 6.54 Å². The standard InChI is InChI=1S/C23H31NS/c1-6-13-24-15-17-9-7-8-10-18(17)22-21(16(2)3)19-14-23(4,5)12-11-20(19)25-22/h7-10,24H,2,6,11-15H2,1,3-5H3. The van der Waals surface area contributed by atoms with E-state index in [2.05, 4.69) is 63.9 Å². The Morgan fingerprint density at radius 3 is 2.76 bits per heavy atom. The maximum Gasteiger partial charge on any atom is 0.0426 e. The molecule has 0 radical (unpaired) electrons. The first-order valence-electron chi connectivity index (χ1n) is 9.52. The van der Waals surface area contributed by atoms with Crippen LogP contribution in [0.3, 0.4) is 0 Å². The Hall–Kier alpha value is -1.38. The van der Waals surface area contributed by atoms with Crippen molar-refractivity contribution in [1.29, 1.82) is 0 Å². The molecule has 0 unspecified atom stereocenters. The number of hydrogen-bond acceptors (Lipinski definition) is 2. The molecule has 1 aliphatic rings. The fourth-order valence-electron chi connectivity index (χ4n) is 3.86. The SMILES string of the molecule is C=C(C)c1c(-c2ccccc2CNCCC)sc2c1CC(C)(C)CC2.